The van der Waals surface area contributed by atoms with Gasteiger partial charge in [-0.1, -0.05) is 168 Å². The van der Waals surface area contributed by atoms with E-state index in [0.29, 0.717) is 12.8 Å². The average molecular weight is 816 g/mol. The number of carbonyl (C=O) groups excluding carboxylic acids is 3. The van der Waals surface area contributed by atoms with Crippen molar-refractivity contribution in [3.8, 4) is 0 Å². The fourth-order valence-corrected chi connectivity index (χ4v) is 9.83. The number of ether oxygens (including phenoxy) is 4. The first-order valence-electron chi connectivity index (χ1n) is 25.2. The normalized spacial score (nSPS) is 25.8. The predicted molar refractivity (Wildman–Crippen MR) is 234 cm³/mol. The second-order valence-electron chi connectivity index (χ2n) is 19.3. The third kappa shape index (κ3) is 20.7. The van der Waals surface area contributed by atoms with E-state index in [0.717, 1.165) is 88.1 Å². The zero-order chi connectivity index (χ0) is 41.2. The van der Waals surface area contributed by atoms with E-state index in [4.69, 9.17) is 18.9 Å². The van der Waals surface area contributed by atoms with Crippen LogP contribution in [0.25, 0.3) is 0 Å². The second-order valence-corrected chi connectivity index (χ2v) is 19.3. The van der Waals surface area contributed by atoms with Gasteiger partial charge in [0.25, 0.3) is 0 Å². The van der Waals surface area contributed by atoms with Crippen molar-refractivity contribution in [2.24, 2.45) is 29.6 Å². The van der Waals surface area contributed by atoms with Gasteiger partial charge in [0.1, 0.15) is 12.7 Å². The lowest BCUT2D eigenvalue weighted by Crippen LogP contribution is -2.41. The van der Waals surface area contributed by atoms with E-state index in [9.17, 15) is 14.4 Å². The molecule has 2 aliphatic carbocycles. The van der Waals surface area contributed by atoms with Gasteiger partial charge in [-0.15, -0.1) is 0 Å². The Morgan fingerprint density at radius 2 is 0.966 bits per heavy atom. The highest BCUT2D eigenvalue weighted by Gasteiger charge is 2.44. The lowest BCUT2D eigenvalue weighted by molar-refractivity contribution is -0.169. The summed E-state index contributed by atoms with van der Waals surface area (Å²) >= 11 is 0. The van der Waals surface area contributed by atoms with Gasteiger partial charge >= 0.3 is 17.9 Å². The molecule has 2 saturated heterocycles. The fourth-order valence-electron chi connectivity index (χ4n) is 9.83. The number of nitrogens with zero attached hydrogens (tertiary/aromatic N) is 1. The molecule has 0 aromatic carbocycles. The molecule has 2 saturated carbocycles. The van der Waals surface area contributed by atoms with E-state index >= 15 is 0 Å². The largest absolute Gasteiger partial charge is 0.463 e. The van der Waals surface area contributed by atoms with Crippen molar-refractivity contribution in [2.45, 2.75) is 238 Å². The van der Waals surface area contributed by atoms with Crippen molar-refractivity contribution in [2.75, 3.05) is 33.4 Å². The molecule has 0 aromatic heterocycles. The summed E-state index contributed by atoms with van der Waals surface area (Å²) in [6.45, 7) is 6.45. The van der Waals surface area contributed by atoms with Gasteiger partial charge in [0.2, 0.25) is 0 Å². The Hall–Kier alpha value is -1.67. The minimum absolute atomic E-state index is 0.00136. The highest BCUT2D eigenvalue weighted by Crippen LogP contribution is 2.46. The quantitative estimate of drug-likeness (QED) is 0.0355. The van der Waals surface area contributed by atoms with Crippen LogP contribution >= 0.6 is 0 Å². The first-order chi connectivity index (χ1) is 28.4. The van der Waals surface area contributed by atoms with E-state index in [1.807, 2.05) is 0 Å². The molecular weight excluding hydrogens is 727 g/mol. The van der Waals surface area contributed by atoms with Gasteiger partial charge in [-0.2, -0.15) is 0 Å². The average Bonchev–Trinajstić information content (AvgIpc) is 4.13. The van der Waals surface area contributed by atoms with E-state index in [2.05, 4.69) is 25.8 Å². The van der Waals surface area contributed by atoms with E-state index < -0.39 is 18.3 Å². The summed E-state index contributed by atoms with van der Waals surface area (Å²) in [5, 5.41) is 0. The zero-order valence-electron chi connectivity index (χ0n) is 37.9. The highest BCUT2D eigenvalue weighted by atomic mass is 16.6. The maximum absolute atomic E-state index is 13.1. The topological polar surface area (TPSA) is 91.4 Å². The molecule has 0 bridgehead atoms. The van der Waals surface area contributed by atoms with Crippen molar-refractivity contribution in [1.82, 2.24) is 4.90 Å². The summed E-state index contributed by atoms with van der Waals surface area (Å²) < 4.78 is 23.6. The minimum atomic E-state index is -0.767. The molecule has 4 rings (SSSR count). The predicted octanol–water partition coefficient (Wildman–Crippen LogP) is 12.3. The van der Waals surface area contributed by atoms with Crippen LogP contribution in [-0.2, 0) is 33.3 Å². The van der Waals surface area contributed by atoms with Crippen molar-refractivity contribution in [1.29, 1.82) is 0 Å². The van der Waals surface area contributed by atoms with Gasteiger partial charge in [0.15, 0.2) is 12.2 Å². The second kappa shape index (κ2) is 29.6. The lowest BCUT2D eigenvalue weighted by atomic mass is 9.97. The van der Waals surface area contributed by atoms with Gasteiger partial charge in [-0.3, -0.25) is 14.4 Å². The van der Waals surface area contributed by atoms with Crippen LogP contribution in [0.3, 0.4) is 0 Å². The molecule has 7 atom stereocenters. The summed E-state index contributed by atoms with van der Waals surface area (Å²) in [6, 6.07) is 0. The van der Waals surface area contributed by atoms with E-state index in [1.165, 1.54) is 141 Å². The summed E-state index contributed by atoms with van der Waals surface area (Å²) in [7, 11) is 2.07. The molecular formula is C50H89NO7. The van der Waals surface area contributed by atoms with Gasteiger partial charge in [0.05, 0.1) is 12.5 Å². The molecule has 0 aromatic rings. The molecule has 2 heterocycles. The Balaban J connectivity index is 1.07. The zero-order valence-corrected chi connectivity index (χ0v) is 37.9. The number of rotatable bonds is 35. The van der Waals surface area contributed by atoms with Crippen molar-refractivity contribution in [3.05, 3.63) is 0 Å². The number of likely N-dealkylation sites (tertiary alicyclic amines) is 1. The van der Waals surface area contributed by atoms with Crippen molar-refractivity contribution >= 4 is 17.9 Å². The number of esters is 3. The monoisotopic (exact) mass is 816 g/mol. The van der Waals surface area contributed by atoms with Crippen LogP contribution in [0.2, 0.25) is 0 Å². The molecule has 0 spiro atoms. The molecule has 4 aliphatic rings. The Morgan fingerprint density at radius 1 is 0.552 bits per heavy atom. The summed E-state index contributed by atoms with van der Waals surface area (Å²) in [5.41, 5.74) is 0. The Kier molecular flexibility index (Phi) is 25.0. The summed E-state index contributed by atoms with van der Waals surface area (Å²) in [6.07, 6.45) is 36.4. The smallest absolute Gasteiger partial charge is 0.309 e. The summed E-state index contributed by atoms with van der Waals surface area (Å²) in [4.78, 5) is 41.2. The van der Waals surface area contributed by atoms with Gasteiger partial charge in [0, 0.05) is 12.8 Å². The summed E-state index contributed by atoms with van der Waals surface area (Å²) in [5.74, 6) is 3.02. The standard InChI is InChI=1S/C50H89NO7/c1-4-6-8-10-14-20-26-41-36-43(41)28-22-16-12-18-24-30-47(52)57-46-39-55-45(38-56-50(54)40-32-34-51(3)35-33-40)49(46)58-48(53)31-25-19-13-17-23-29-44-37-42(44)27-21-15-11-9-7-5-2/h40-46,49H,4-39H2,1-3H3/t41?,42?,43?,44?,45-,46+,49+/m1/s1. The molecule has 0 radical (unpaired) electrons. The Bertz CT molecular complexity index is 1110. The Morgan fingerprint density at radius 3 is 1.43 bits per heavy atom. The number of piperidine rings is 1. The van der Waals surface area contributed by atoms with Crippen LogP contribution in [0.1, 0.15) is 219 Å². The molecule has 8 heteroatoms. The first-order valence-corrected chi connectivity index (χ1v) is 25.2. The molecule has 8 nitrogen and oxygen atoms in total. The number of carbonyl (C=O) groups is 3. The van der Waals surface area contributed by atoms with Gasteiger partial charge < -0.3 is 23.8 Å². The molecule has 336 valence electrons. The molecule has 4 unspecified atom stereocenters. The maximum atomic E-state index is 13.1. The maximum Gasteiger partial charge on any atom is 0.309 e. The third-order valence-corrected chi connectivity index (χ3v) is 14.1. The SMILES string of the molecule is CCCCCCCCC1CC1CCCCCCCC(=O)O[C@@H]1[C@@H](OC(=O)CCCCCCCC2CC2CCCCCCCC)CO[C@@H]1COC(=O)C1CCN(C)CC1. The van der Waals surface area contributed by atoms with E-state index in [-0.39, 0.29) is 37.0 Å². The highest BCUT2D eigenvalue weighted by molar-refractivity contribution is 5.73. The molecule has 4 fully saturated rings. The third-order valence-electron chi connectivity index (χ3n) is 14.1. The molecule has 58 heavy (non-hydrogen) atoms. The van der Waals surface area contributed by atoms with Crippen LogP contribution in [0, 0.1) is 29.6 Å². The van der Waals surface area contributed by atoms with Crippen LogP contribution < -0.4 is 0 Å². The lowest BCUT2D eigenvalue weighted by Gasteiger charge is -2.28. The Labute approximate surface area is 355 Å². The fraction of sp³-hybridized carbons (Fsp3) is 0.940. The number of hydrogen-bond donors (Lipinski definition) is 0. The number of unbranched alkanes of at least 4 members (excludes halogenated alkanes) is 18. The van der Waals surface area contributed by atoms with Crippen LogP contribution in [0.5, 0.6) is 0 Å². The van der Waals surface area contributed by atoms with Crippen LogP contribution in [0.15, 0.2) is 0 Å². The van der Waals surface area contributed by atoms with Crippen LogP contribution in [-0.4, -0.2) is 74.5 Å². The minimum Gasteiger partial charge on any atom is -0.463 e. The van der Waals surface area contributed by atoms with E-state index in [1.54, 1.807) is 0 Å². The first kappa shape index (κ1) is 49.0. The van der Waals surface area contributed by atoms with Crippen molar-refractivity contribution < 1.29 is 33.3 Å². The molecule has 0 amide bonds. The van der Waals surface area contributed by atoms with Crippen molar-refractivity contribution in [3.63, 3.8) is 0 Å². The number of hydrogen-bond acceptors (Lipinski definition) is 8. The van der Waals surface area contributed by atoms with Crippen LogP contribution in [0.4, 0.5) is 0 Å². The molecule has 0 N–H and O–H groups in total. The molecule has 2 aliphatic heterocycles. The van der Waals surface area contributed by atoms with Gasteiger partial charge in [-0.25, -0.2) is 0 Å². The van der Waals surface area contributed by atoms with Gasteiger partial charge in [-0.05, 0) is 82.3 Å².